The van der Waals surface area contributed by atoms with Gasteiger partial charge in [-0.05, 0) is 35.0 Å². The van der Waals surface area contributed by atoms with Crippen LogP contribution in [0.3, 0.4) is 0 Å². The molecule has 4 rings (SSSR count). The van der Waals surface area contributed by atoms with E-state index in [2.05, 4.69) is 26.0 Å². The van der Waals surface area contributed by atoms with Crippen molar-refractivity contribution in [2.45, 2.75) is 20.3 Å². The normalized spacial score (nSPS) is 11.4. The molecule has 0 spiro atoms. The lowest BCUT2D eigenvalue weighted by atomic mass is 10.0. The fourth-order valence-electron chi connectivity index (χ4n) is 3.31. The molecule has 1 aromatic heterocycles. The molecule has 150 valence electrons. The third-order valence-corrected chi connectivity index (χ3v) is 5.17. The summed E-state index contributed by atoms with van der Waals surface area (Å²) in [5, 5.41) is 6.76. The van der Waals surface area contributed by atoms with Gasteiger partial charge in [-0.25, -0.2) is 4.98 Å². The lowest BCUT2D eigenvalue weighted by Gasteiger charge is -2.10. The molecule has 0 saturated carbocycles. The topological polar surface area (TPSA) is 73.6 Å². The minimum atomic E-state index is -0.427. The first kappa shape index (κ1) is 20.0. The molecule has 1 heterocycles. The van der Waals surface area contributed by atoms with Gasteiger partial charge in [-0.2, -0.15) is 9.78 Å². The van der Waals surface area contributed by atoms with E-state index in [1.54, 1.807) is 24.4 Å². The van der Waals surface area contributed by atoms with Gasteiger partial charge in [-0.1, -0.05) is 53.2 Å². The van der Waals surface area contributed by atoms with E-state index < -0.39 is 5.97 Å². The molecule has 6 nitrogen and oxygen atoms in total. The van der Waals surface area contributed by atoms with Crippen molar-refractivity contribution in [3.63, 3.8) is 0 Å². The number of carbonyl (C=O) groups is 1. The predicted octanol–water partition coefficient (Wildman–Crippen LogP) is 4.68. The molecule has 0 N–H and O–H groups in total. The van der Waals surface area contributed by atoms with Crippen LogP contribution >= 0.6 is 15.9 Å². The Morgan fingerprint density at radius 3 is 2.73 bits per heavy atom. The van der Waals surface area contributed by atoms with E-state index in [4.69, 9.17) is 4.74 Å². The number of benzene rings is 3. The summed E-state index contributed by atoms with van der Waals surface area (Å²) in [7, 11) is 0. The van der Waals surface area contributed by atoms with Crippen molar-refractivity contribution in [1.29, 1.82) is 0 Å². The minimum Gasteiger partial charge on any atom is -0.426 e. The fraction of sp³-hybridized carbons (Fsp3) is 0.130. The Hall–Kier alpha value is -3.32. The monoisotopic (exact) mass is 463 g/mol. The van der Waals surface area contributed by atoms with Crippen LogP contribution < -0.4 is 10.3 Å². The van der Waals surface area contributed by atoms with Crippen molar-refractivity contribution in [1.82, 2.24) is 9.66 Å². The molecule has 0 amide bonds. The van der Waals surface area contributed by atoms with E-state index >= 15 is 0 Å². The average molecular weight is 464 g/mol. The molecule has 0 fully saturated rings. The number of fused-ring (bicyclic) bond motifs is 2. The Morgan fingerprint density at radius 2 is 1.97 bits per heavy atom. The second-order valence-corrected chi connectivity index (χ2v) is 7.61. The van der Waals surface area contributed by atoms with Crippen molar-refractivity contribution in [3.05, 3.63) is 80.8 Å². The van der Waals surface area contributed by atoms with E-state index in [9.17, 15) is 9.59 Å². The number of carbonyl (C=O) groups excluding carboxylic acids is 1. The summed E-state index contributed by atoms with van der Waals surface area (Å²) >= 11 is 3.40. The Balaban J connectivity index is 1.93. The van der Waals surface area contributed by atoms with Crippen molar-refractivity contribution >= 4 is 49.8 Å². The second kappa shape index (κ2) is 8.20. The van der Waals surface area contributed by atoms with Crippen LogP contribution in [0.2, 0.25) is 0 Å². The van der Waals surface area contributed by atoms with Gasteiger partial charge < -0.3 is 4.74 Å². The van der Waals surface area contributed by atoms with E-state index in [1.807, 2.05) is 43.3 Å². The van der Waals surface area contributed by atoms with E-state index in [0.717, 1.165) is 15.2 Å². The zero-order chi connectivity index (χ0) is 21.3. The number of hydrogen-bond donors (Lipinski definition) is 0. The number of aryl methyl sites for hydroxylation is 1. The van der Waals surface area contributed by atoms with Gasteiger partial charge in [0, 0.05) is 23.4 Å². The molecule has 0 aliphatic heterocycles. The average Bonchev–Trinajstić information content (AvgIpc) is 2.73. The Bertz CT molecular complexity index is 1380. The number of rotatable bonds is 4. The number of hydrogen-bond acceptors (Lipinski definition) is 5. The zero-order valence-corrected chi connectivity index (χ0v) is 18.0. The van der Waals surface area contributed by atoms with Crippen molar-refractivity contribution in [3.8, 4) is 5.75 Å². The number of aromatic nitrogens is 2. The van der Waals surface area contributed by atoms with Crippen LogP contribution in [-0.4, -0.2) is 21.8 Å². The van der Waals surface area contributed by atoms with Gasteiger partial charge in [0.15, 0.2) is 0 Å². The second-order valence-electron chi connectivity index (χ2n) is 6.70. The summed E-state index contributed by atoms with van der Waals surface area (Å²) in [5.74, 6) is 0.497. The van der Waals surface area contributed by atoms with Crippen LogP contribution in [0.15, 0.2) is 69.0 Å². The largest absolute Gasteiger partial charge is 0.426 e. The first-order valence-electron chi connectivity index (χ1n) is 9.43. The number of esters is 1. The summed E-state index contributed by atoms with van der Waals surface area (Å²) in [6, 6.07) is 16.7. The molecule has 0 aliphatic rings. The summed E-state index contributed by atoms with van der Waals surface area (Å²) in [6.45, 7) is 3.27. The predicted molar refractivity (Wildman–Crippen MR) is 121 cm³/mol. The summed E-state index contributed by atoms with van der Waals surface area (Å²) in [6.07, 6.45) is 2.08. The third-order valence-electron chi connectivity index (χ3n) is 4.68. The molecule has 4 aromatic rings. The molecule has 0 unspecified atom stereocenters. The zero-order valence-electron chi connectivity index (χ0n) is 16.4. The van der Waals surface area contributed by atoms with Gasteiger partial charge in [0.1, 0.15) is 11.6 Å². The minimum absolute atomic E-state index is 0.260. The Labute approximate surface area is 180 Å². The fourth-order valence-corrected chi connectivity index (χ4v) is 3.67. The lowest BCUT2D eigenvalue weighted by molar-refractivity contribution is -0.131. The smallest absolute Gasteiger partial charge is 0.308 e. The van der Waals surface area contributed by atoms with Crippen LogP contribution in [0.4, 0.5) is 0 Å². The third kappa shape index (κ3) is 3.76. The van der Waals surface area contributed by atoms with Crippen molar-refractivity contribution in [2.24, 2.45) is 5.10 Å². The maximum absolute atomic E-state index is 13.1. The van der Waals surface area contributed by atoms with Gasteiger partial charge in [-0.15, -0.1) is 0 Å². The molecule has 0 atom stereocenters. The van der Waals surface area contributed by atoms with Crippen LogP contribution in [0.25, 0.3) is 21.7 Å². The Kier molecular flexibility index (Phi) is 5.46. The van der Waals surface area contributed by atoms with Gasteiger partial charge in [0.2, 0.25) is 0 Å². The molecule has 3 aromatic carbocycles. The lowest BCUT2D eigenvalue weighted by Crippen LogP contribution is -2.22. The number of nitrogens with zero attached hydrogens (tertiary/aromatic N) is 3. The van der Waals surface area contributed by atoms with Crippen molar-refractivity contribution < 1.29 is 9.53 Å². The quantitative estimate of drug-likeness (QED) is 0.250. The summed E-state index contributed by atoms with van der Waals surface area (Å²) in [4.78, 5) is 29.3. The molecule has 0 bridgehead atoms. The maximum Gasteiger partial charge on any atom is 0.308 e. The number of halogens is 1. The molecule has 0 saturated heterocycles. The first-order chi connectivity index (χ1) is 14.5. The summed E-state index contributed by atoms with van der Waals surface area (Å²) in [5.41, 5.74) is 0.979. The molecule has 7 heteroatoms. The Morgan fingerprint density at radius 1 is 1.17 bits per heavy atom. The highest BCUT2D eigenvalue weighted by Crippen LogP contribution is 2.27. The first-order valence-corrected chi connectivity index (χ1v) is 10.2. The number of ether oxygens (including phenoxy) is 1. The van der Waals surface area contributed by atoms with E-state index in [-0.39, 0.29) is 5.56 Å². The van der Waals surface area contributed by atoms with Crippen LogP contribution in [0.5, 0.6) is 5.75 Å². The molecule has 0 radical (unpaired) electrons. The van der Waals surface area contributed by atoms with E-state index in [1.165, 1.54) is 11.6 Å². The van der Waals surface area contributed by atoms with Gasteiger partial charge in [0.25, 0.3) is 5.56 Å². The van der Waals surface area contributed by atoms with Gasteiger partial charge >= 0.3 is 5.97 Å². The molecular formula is C23H18BrN3O3. The highest BCUT2D eigenvalue weighted by molar-refractivity contribution is 9.10. The van der Waals surface area contributed by atoms with Gasteiger partial charge in [-0.3, -0.25) is 9.59 Å². The van der Waals surface area contributed by atoms with Crippen LogP contribution in [-0.2, 0) is 11.2 Å². The van der Waals surface area contributed by atoms with E-state index in [0.29, 0.717) is 34.5 Å². The highest BCUT2D eigenvalue weighted by atomic mass is 79.9. The van der Waals surface area contributed by atoms with Crippen molar-refractivity contribution in [2.75, 3.05) is 0 Å². The van der Waals surface area contributed by atoms with Crippen LogP contribution in [0, 0.1) is 0 Å². The molecule has 30 heavy (non-hydrogen) atoms. The molecule has 0 aliphatic carbocycles. The molecular weight excluding hydrogens is 446 g/mol. The van der Waals surface area contributed by atoms with Gasteiger partial charge in [0.05, 0.1) is 17.1 Å². The maximum atomic E-state index is 13.1. The SMILES string of the molecule is CCc1nc2ccc(Br)cc2c(=O)n1N=Cc1c(OC(C)=O)ccc2ccccc12. The standard InChI is InChI=1S/C23H18BrN3O3/c1-3-22-26-20-10-9-16(24)12-18(20)23(29)27(22)25-13-19-17-7-5-4-6-15(17)8-11-21(19)30-14(2)28/h4-13H,3H2,1-2H3. The van der Waals surface area contributed by atoms with Crippen LogP contribution in [0.1, 0.15) is 25.2 Å². The summed E-state index contributed by atoms with van der Waals surface area (Å²) < 4.78 is 7.47. The highest BCUT2D eigenvalue weighted by Gasteiger charge is 2.12.